The number of carbonyl (C=O) groups excluding carboxylic acids is 1. The van der Waals surface area contributed by atoms with Gasteiger partial charge in [-0.25, -0.2) is 0 Å². The number of fused-ring (bicyclic) bond motifs is 1. The Balaban J connectivity index is 1.56. The number of benzene rings is 1. The third-order valence-electron chi connectivity index (χ3n) is 4.39. The Bertz CT molecular complexity index is 714. The summed E-state index contributed by atoms with van der Waals surface area (Å²) in [6, 6.07) is 11.9. The van der Waals surface area contributed by atoms with Gasteiger partial charge in [-0.1, -0.05) is 24.3 Å². The molecule has 0 spiro atoms. The zero-order valence-electron chi connectivity index (χ0n) is 14.9. The maximum absolute atomic E-state index is 12.7. The Kier molecular flexibility index (Phi) is 5.60. The van der Waals surface area contributed by atoms with Crippen LogP contribution in [-0.4, -0.2) is 59.6 Å². The van der Waals surface area contributed by atoms with Gasteiger partial charge in [0.15, 0.2) is 5.69 Å². The summed E-state index contributed by atoms with van der Waals surface area (Å²) in [7, 11) is 4.11. The number of anilines is 1. The molecule has 6 heteroatoms. The molecule has 0 radical (unpaired) electrons. The number of nitrogens with one attached hydrogen (secondary N) is 1. The highest BCUT2D eigenvalue weighted by molar-refractivity contribution is 5.92. The zero-order valence-corrected chi connectivity index (χ0v) is 14.9. The van der Waals surface area contributed by atoms with Crippen LogP contribution < -0.4 is 5.32 Å². The first-order valence-corrected chi connectivity index (χ1v) is 8.72. The Morgan fingerprint density at radius 2 is 1.96 bits per heavy atom. The second-order valence-corrected chi connectivity index (χ2v) is 6.63. The first kappa shape index (κ1) is 17.4. The number of hydrogen-bond donors (Lipinski definition) is 1. The van der Waals surface area contributed by atoms with Crippen LogP contribution in [0.15, 0.2) is 36.4 Å². The van der Waals surface area contributed by atoms with Gasteiger partial charge in [-0.05, 0) is 56.7 Å². The van der Waals surface area contributed by atoms with E-state index in [9.17, 15) is 4.79 Å². The molecule has 0 unspecified atom stereocenters. The van der Waals surface area contributed by atoms with Gasteiger partial charge in [0.25, 0.3) is 5.91 Å². The molecule has 6 nitrogen and oxygen atoms in total. The molecule has 1 aliphatic heterocycles. The molecule has 0 fully saturated rings. The van der Waals surface area contributed by atoms with Gasteiger partial charge in [-0.15, -0.1) is 10.2 Å². The summed E-state index contributed by atoms with van der Waals surface area (Å²) in [5.74, 6) is 0.653. The number of rotatable bonds is 6. The van der Waals surface area contributed by atoms with Crippen molar-refractivity contribution in [1.82, 2.24) is 20.0 Å². The molecule has 2 aromatic rings. The molecule has 0 saturated carbocycles. The number of carbonyl (C=O) groups is 1. The average Bonchev–Trinajstić information content (AvgIpc) is 2.64. The van der Waals surface area contributed by atoms with Gasteiger partial charge in [-0.3, -0.25) is 4.79 Å². The van der Waals surface area contributed by atoms with Crippen LogP contribution in [0.5, 0.6) is 0 Å². The van der Waals surface area contributed by atoms with Crippen LogP contribution in [-0.2, 0) is 13.0 Å². The van der Waals surface area contributed by atoms with Gasteiger partial charge in [-0.2, -0.15) is 0 Å². The van der Waals surface area contributed by atoms with Gasteiger partial charge in [0.05, 0.1) is 0 Å². The number of amides is 1. The number of hydrogen-bond acceptors (Lipinski definition) is 5. The van der Waals surface area contributed by atoms with Crippen molar-refractivity contribution in [2.45, 2.75) is 19.4 Å². The predicted octanol–water partition coefficient (Wildman–Crippen LogP) is 2.04. The highest BCUT2D eigenvalue weighted by Crippen LogP contribution is 2.19. The molecule has 1 aliphatic rings. The van der Waals surface area contributed by atoms with E-state index < -0.39 is 0 Å². The van der Waals surface area contributed by atoms with Crippen molar-refractivity contribution in [3.63, 3.8) is 0 Å². The summed E-state index contributed by atoms with van der Waals surface area (Å²) in [4.78, 5) is 16.6. The van der Waals surface area contributed by atoms with Crippen molar-refractivity contribution in [2.75, 3.05) is 39.0 Å². The first-order valence-electron chi connectivity index (χ1n) is 8.72. The molecule has 132 valence electrons. The van der Waals surface area contributed by atoms with Crippen LogP contribution in [0, 0.1) is 0 Å². The van der Waals surface area contributed by atoms with Crippen LogP contribution in [0.3, 0.4) is 0 Å². The quantitative estimate of drug-likeness (QED) is 0.816. The molecule has 2 heterocycles. The van der Waals surface area contributed by atoms with Crippen molar-refractivity contribution in [1.29, 1.82) is 0 Å². The second kappa shape index (κ2) is 8.07. The Morgan fingerprint density at radius 3 is 2.68 bits per heavy atom. The lowest BCUT2D eigenvalue weighted by Crippen LogP contribution is -2.36. The van der Waals surface area contributed by atoms with Gasteiger partial charge in [0.1, 0.15) is 5.82 Å². The van der Waals surface area contributed by atoms with Gasteiger partial charge < -0.3 is 15.1 Å². The fraction of sp³-hybridized carbons (Fsp3) is 0.421. The van der Waals surface area contributed by atoms with E-state index in [-0.39, 0.29) is 5.91 Å². The largest absolute Gasteiger partial charge is 0.369 e. The van der Waals surface area contributed by atoms with Crippen molar-refractivity contribution < 1.29 is 4.79 Å². The molecule has 3 rings (SSSR count). The van der Waals surface area contributed by atoms with E-state index >= 15 is 0 Å². The molecule has 0 atom stereocenters. The van der Waals surface area contributed by atoms with Crippen LogP contribution in [0.1, 0.15) is 28.0 Å². The smallest absolute Gasteiger partial charge is 0.274 e. The van der Waals surface area contributed by atoms with Crippen LogP contribution in [0.2, 0.25) is 0 Å². The summed E-state index contributed by atoms with van der Waals surface area (Å²) >= 11 is 0. The van der Waals surface area contributed by atoms with E-state index in [0.29, 0.717) is 18.1 Å². The van der Waals surface area contributed by atoms with Crippen LogP contribution >= 0.6 is 0 Å². The van der Waals surface area contributed by atoms with Crippen LogP contribution in [0.25, 0.3) is 0 Å². The summed E-state index contributed by atoms with van der Waals surface area (Å²) < 4.78 is 0. The molecule has 25 heavy (non-hydrogen) atoms. The normalized spacial score (nSPS) is 13.6. The fourth-order valence-corrected chi connectivity index (χ4v) is 2.98. The van der Waals surface area contributed by atoms with E-state index in [0.717, 1.165) is 32.5 Å². The molecule has 1 amide bonds. The van der Waals surface area contributed by atoms with Gasteiger partial charge in [0, 0.05) is 19.6 Å². The lowest BCUT2D eigenvalue weighted by atomic mass is 10.00. The summed E-state index contributed by atoms with van der Waals surface area (Å²) in [5.41, 5.74) is 2.95. The highest BCUT2D eigenvalue weighted by Gasteiger charge is 2.22. The predicted molar refractivity (Wildman–Crippen MR) is 98.6 cm³/mol. The monoisotopic (exact) mass is 339 g/mol. The molecule has 0 bridgehead atoms. The molecule has 0 saturated heterocycles. The minimum Gasteiger partial charge on any atom is -0.369 e. The second-order valence-electron chi connectivity index (χ2n) is 6.63. The van der Waals surface area contributed by atoms with E-state index in [1.54, 1.807) is 6.07 Å². The van der Waals surface area contributed by atoms with Crippen molar-refractivity contribution in [3.8, 4) is 0 Å². The van der Waals surface area contributed by atoms with Crippen molar-refractivity contribution in [3.05, 3.63) is 53.2 Å². The minimum absolute atomic E-state index is 0.0545. The van der Waals surface area contributed by atoms with E-state index in [2.05, 4.69) is 46.6 Å². The van der Waals surface area contributed by atoms with Crippen molar-refractivity contribution >= 4 is 11.7 Å². The van der Waals surface area contributed by atoms with Crippen LogP contribution in [0.4, 0.5) is 5.82 Å². The summed E-state index contributed by atoms with van der Waals surface area (Å²) in [6.45, 7) is 3.22. The topological polar surface area (TPSA) is 61.4 Å². The fourth-order valence-electron chi connectivity index (χ4n) is 2.98. The van der Waals surface area contributed by atoms with E-state index in [1.165, 1.54) is 11.1 Å². The molecule has 0 aliphatic carbocycles. The highest BCUT2D eigenvalue weighted by atomic mass is 16.2. The standard InChI is InChI=1S/C19H25N5O/c1-23(2)12-5-11-20-18-9-8-17(21-22-18)19(25)24-13-10-15-6-3-4-7-16(15)14-24/h3-4,6-9H,5,10-14H2,1-2H3,(H,20,22). The third kappa shape index (κ3) is 4.54. The summed E-state index contributed by atoms with van der Waals surface area (Å²) in [5, 5.41) is 11.5. The third-order valence-corrected chi connectivity index (χ3v) is 4.39. The molecule has 1 N–H and O–H groups in total. The van der Waals surface area contributed by atoms with E-state index in [1.807, 2.05) is 23.1 Å². The first-order chi connectivity index (χ1) is 12.1. The Labute approximate surface area is 148 Å². The number of nitrogens with zero attached hydrogens (tertiary/aromatic N) is 4. The molecular weight excluding hydrogens is 314 g/mol. The SMILES string of the molecule is CN(C)CCCNc1ccc(C(=O)N2CCc3ccccc3C2)nn1. The molecule has 1 aromatic heterocycles. The summed E-state index contributed by atoms with van der Waals surface area (Å²) in [6.07, 6.45) is 1.92. The lowest BCUT2D eigenvalue weighted by molar-refractivity contribution is 0.0727. The van der Waals surface area contributed by atoms with E-state index in [4.69, 9.17) is 0 Å². The van der Waals surface area contributed by atoms with Gasteiger partial charge >= 0.3 is 0 Å². The average molecular weight is 339 g/mol. The Hall–Kier alpha value is -2.47. The lowest BCUT2D eigenvalue weighted by Gasteiger charge is -2.28. The number of aromatic nitrogens is 2. The molecule has 1 aromatic carbocycles. The van der Waals surface area contributed by atoms with Gasteiger partial charge in [0.2, 0.25) is 0 Å². The maximum atomic E-state index is 12.7. The van der Waals surface area contributed by atoms with Crippen molar-refractivity contribution in [2.24, 2.45) is 0 Å². The Morgan fingerprint density at radius 1 is 1.16 bits per heavy atom. The minimum atomic E-state index is -0.0545. The zero-order chi connectivity index (χ0) is 17.6. The molecular formula is C19H25N5O. The maximum Gasteiger partial charge on any atom is 0.274 e.